The maximum Gasteiger partial charge on any atom is 0.0163 e. The first kappa shape index (κ1) is 10.7. The number of rotatable bonds is 6. The molecule has 0 bridgehead atoms. The molecule has 2 N–H and O–H groups in total. The summed E-state index contributed by atoms with van der Waals surface area (Å²) in [5.74, 6) is 0. The summed E-state index contributed by atoms with van der Waals surface area (Å²) < 4.78 is 0. The highest BCUT2D eigenvalue weighted by atomic mass is 15.1. The molecular formula is C9H20N2. The Hall–Kier alpha value is -0.340. The van der Waals surface area contributed by atoms with Gasteiger partial charge in [-0.05, 0) is 19.5 Å². The van der Waals surface area contributed by atoms with Gasteiger partial charge in [-0.2, -0.15) is 0 Å². The van der Waals surface area contributed by atoms with E-state index in [4.69, 9.17) is 5.73 Å². The Morgan fingerprint density at radius 1 is 1.27 bits per heavy atom. The number of hydrogen-bond donors (Lipinski definition) is 1. The Kier molecular flexibility index (Phi) is 7.52. The maximum absolute atomic E-state index is 5.32. The Morgan fingerprint density at radius 2 is 2.00 bits per heavy atom. The third kappa shape index (κ3) is 6.07. The quantitative estimate of drug-likeness (QED) is 0.586. The number of nitrogens with zero attached hydrogens (tertiary/aromatic N) is 1. The van der Waals surface area contributed by atoms with Crippen LogP contribution in [0.2, 0.25) is 0 Å². The Bertz CT molecular complexity index is 99.7. The van der Waals surface area contributed by atoms with E-state index < -0.39 is 0 Å². The molecule has 0 unspecified atom stereocenters. The molecule has 0 radical (unpaired) electrons. The summed E-state index contributed by atoms with van der Waals surface area (Å²) >= 11 is 0. The minimum atomic E-state index is 0.656. The van der Waals surface area contributed by atoms with Gasteiger partial charge in [0, 0.05) is 13.1 Å². The summed E-state index contributed by atoms with van der Waals surface area (Å²) in [5.41, 5.74) is 5.32. The minimum Gasteiger partial charge on any atom is -0.327 e. The molecule has 0 atom stereocenters. The average molecular weight is 156 g/mol. The van der Waals surface area contributed by atoms with Crippen LogP contribution in [0.3, 0.4) is 0 Å². The molecule has 0 amide bonds. The lowest BCUT2D eigenvalue weighted by Gasteiger charge is -2.16. The lowest BCUT2D eigenvalue weighted by atomic mass is 10.4. The highest BCUT2D eigenvalue weighted by Gasteiger charge is 1.95. The Morgan fingerprint density at radius 3 is 2.45 bits per heavy atom. The van der Waals surface area contributed by atoms with Gasteiger partial charge in [-0.3, -0.25) is 4.90 Å². The number of hydrogen-bond acceptors (Lipinski definition) is 2. The van der Waals surface area contributed by atoms with Crippen LogP contribution >= 0.6 is 0 Å². The van der Waals surface area contributed by atoms with Gasteiger partial charge < -0.3 is 5.73 Å². The zero-order valence-electron chi connectivity index (χ0n) is 7.71. The maximum atomic E-state index is 5.32. The number of nitrogens with two attached hydrogens (primary N) is 1. The summed E-state index contributed by atoms with van der Waals surface area (Å²) in [7, 11) is 0. The van der Waals surface area contributed by atoms with Crippen LogP contribution in [0, 0.1) is 0 Å². The predicted molar refractivity (Wildman–Crippen MR) is 50.6 cm³/mol. The van der Waals surface area contributed by atoms with Crippen LogP contribution in [0.25, 0.3) is 0 Å². The van der Waals surface area contributed by atoms with Gasteiger partial charge in [0.2, 0.25) is 0 Å². The van der Waals surface area contributed by atoms with Crippen LogP contribution in [-0.2, 0) is 0 Å². The molecule has 2 heteroatoms. The van der Waals surface area contributed by atoms with Crippen molar-refractivity contribution in [3.63, 3.8) is 0 Å². The van der Waals surface area contributed by atoms with Gasteiger partial charge in [-0.15, -0.1) is 0 Å². The molecule has 0 saturated carbocycles. The second-order valence-corrected chi connectivity index (χ2v) is 2.60. The fourth-order valence-corrected chi connectivity index (χ4v) is 1.01. The van der Waals surface area contributed by atoms with Crippen molar-refractivity contribution in [3.8, 4) is 0 Å². The third-order valence-corrected chi connectivity index (χ3v) is 1.65. The summed E-state index contributed by atoms with van der Waals surface area (Å²) in [4.78, 5) is 2.40. The van der Waals surface area contributed by atoms with E-state index in [0.717, 1.165) is 13.1 Å². The van der Waals surface area contributed by atoms with Crippen LogP contribution in [0.1, 0.15) is 20.3 Å². The standard InChI is InChI=1S/C9H20N2/c1-3-8-11(4-2)9-6-5-7-10/h5-6H,3-4,7-10H2,1-2H3. The van der Waals surface area contributed by atoms with E-state index in [1.165, 1.54) is 13.0 Å². The normalized spacial score (nSPS) is 11.6. The second-order valence-electron chi connectivity index (χ2n) is 2.60. The molecule has 2 nitrogen and oxygen atoms in total. The Labute approximate surface area is 70.1 Å². The summed E-state index contributed by atoms with van der Waals surface area (Å²) in [6.45, 7) is 8.40. The fourth-order valence-electron chi connectivity index (χ4n) is 1.01. The zero-order valence-corrected chi connectivity index (χ0v) is 7.71. The van der Waals surface area contributed by atoms with E-state index in [0.29, 0.717) is 6.54 Å². The van der Waals surface area contributed by atoms with Crippen LogP contribution in [-0.4, -0.2) is 31.1 Å². The van der Waals surface area contributed by atoms with Crippen molar-refractivity contribution in [1.82, 2.24) is 4.90 Å². The first-order chi connectivity index (χ1) is 5.35. The van der Waals surface area contributed by atoms with Crippen LogP contribution in [0.5, 0.6) is 0 Å². The molecule has 0 aromatic carbocycles. The molecule has 0 aromatic rings. The largest absolute Gasteiger partial charge is 0.327 e. The zero-order chi connectivity index (χ0) is 8.53. The smallest absolute Gasteiger partial charge is 0.0163 e. The van der Waals surface area contributed by atoms with E-state index in [1.807, 2.05) is 6.08 Å². The van der Waals surface area contributed by atoms with Gasteiger partial charge in [-0.25, -0.2) is 0 Å². The van der Waals surface area contributed by atoms with Gasteiger partial charge in [-0.1, -0.05) is 26.0 Å². The van der Waals surface area contributed by atoms with E-state index in [2.05, 4.69) is 24.8 Å². The van der Waals surface area contributed by atoms with E-state index in [-0.39, 0.29) is 0 Å². The van der Waals surface area contributed by atoms with Crippen molar-refractivity contribution in [2.24, 2.45) is 5.73 Å². The molecule has 0 heterocycles. The summed E-state index contributed by atoms with van der Waals surface area (Å²) in [6.07, 6.45) is 5.38. The molecule has 0 aromatic heterocycles. The molecular weight excluding hydrogens is 136 g/mol. The fraction of sp³-hybridized carbons (Fsp3) is 0.778. The van der Waals surface area contributed by atoms with Crippen LogP contribution < -0.4 is 5.73 Å². The molecule has 11 heavy (non-hydrogen) atoms. The highest BCUT2D eigenvalue weighted by molar-refractivity contribution is 4.85. The lowest BCUT2D eigenvalue weighted by Crippen LogP contribution is -2.24. The van der Waals surface area contributed by atoms with Crippen molar-refractivity contribution in [2.45, 2.75) is 20.3 Å². The SMILES string of the molecule is CCCN(CC)CC=CCN. The van der Waals surface area contributed by atoms with Crippen molar-refractivity contribution in [2.75, 3.05) is 26.2 Å². The molecule has 0 aliphatic rings. The van der Waals surface area contributed by atoms with Crippen LogP contribution in [0.4, 0.5) is 0 Å². The van der Waals surface area contributed by atoms with Gasteiger partial charge in [0.05, 0.1) is 0 Å². The predicted octanol–water partition coefficient (Wildman–Crippen LogP) is 1.23. The van der Waals surface area contributed by atoms with Gasteiger partial charge in [0.15, 0.2) is 0 Å². The highest BCUT2D eigenvalue weighted by Crippen LogP contribution is 1.90. The molecule has 0 aliphatic carbocycles. The minimum absolute atomic E-state index is 0.656. The van der Waals surface area contributed by atoms with Gasteiger partial charge >= 0.3 is 0 Å². The summed E-state index contributed by atoms with van der Waals surface area (Å²) in [6, 6.07) is 0. The van der Waals surface area contributed by atoms with Crippen molar-refractivity contribution in [1.29, 1.82) is 0 Å². The van der Waals surface area contributed by atoms with Crippen molar-refractivity contribution < 1.29 is 0 Å². The molecule has 0 fully saturated rings. The first-order valence-corrected chi connectivity index (χ1v) is 4.42. The first-order valence-electron chi connectivity index (χ1n) is 4.42. The average Bonchev–Trinajstić information content (AvgIpc) is 2.03. The number of likely N-dealkylation sites (N-methyl/N-ethyl adjacent to an activating group) is 1. The lowest BCUT2D eigenvalue weighted by molar-refractivity contribution is 0.319. The van der Waals surface area contributed by atoms with Crippen molar-refractivity contribution >= 4 is 0 Å². The summed E-state index contributed by atoms with van der Waals surface area (Å²) in [5, 5.41) is 0. The van der Waals surface area contributed by atoms with Crippen molar-refractivity contribution in [3.05, 3.63) is 12.2 Å². The topological polar surface area (TPSA) is 29.3 Å². The Balaban J connectivity index is 3.42. The molecule has 66 valence electrons. The van der Waals surface area contributed by atoms with E-state index >= 15 is 0 Å². The van der Waals surface area contributed by atoms with E-state index in [9.17, 15) is 0 Å². The third-order valence-electron chi connectivity index (χ3n) is 1.65. The second kappa shape index (κ2) is 7.76. The van der Waals surface area contributed by atoms with Gasteiger partial charge in [0.1, 0.15) is 0 Å². The van der Waals surface area contributed by atoms with Crippen LogP contribution in [0.15, 0.2) is 12.2 Å². The molecule has 0 spiro atoms. The van der Waals surface area contributed by atoms with Gasteiger partial charge in [0.25, 0.3) is 0 Å². The molecule has 0 aliphatic heterocycles. The van der Waals surface area contributed by atoms with E-state index in [1.54, 1.807) is 0 Å². The molecule has 0 rings (SSSR count). The molecule has 0 saturated heterocycles. The monoisotopic (exact) mass is 156 g/mol.